The molecule has 2 aromatic carbocycles. The molecule has 0 fully saturated rings. The summed E-state index contributed by atoms with van der Waals surface area (Å²) in [6.45, 7) is 11.3. The minimum Gasteiger partial charge on any atom is -0.506 e. The number of carbonyl (C=O) groups excluding carboxylic acids is 1. The van der Waals surface area contributed by atoms with E-state index in [4.69, 9.17) is 10.5 Å². The largest absolute Gasteiger partial charge is 0.506 e. The van der Waals surface area contributed by atoms with Crippen LogP contribution in [0.5, 0.6) is 5.75 Å². The Hall–Kier alpha value is -2.80. The highest BCUT2D eigenvalue weighted by Crippen LogP contribution is 2.44. The van der Waals surface area contributed by atoms with E-state index < -0.39 is 5.60 Å². The number of phenols is 1. The van der Waals surface area contributed by atoms with Crippen LogP contribution in [0.25, 0.3) is 0 Å². The molecule has 2 aromatic rings. The zero-order chi connectivity index (χ0) is 24.4. The van der Waals surface area contributed by atoms with E-state index in [-0.39, 0.29) is 29.1 Å². The fourth-order valence-electron chi connectivity index (χ4n) is 4.38. The first kappa shape index (κ1) is 24.8. The monoisotopic (exact) mass is 457 g/mol. The first-order valence-electron chi connectivity index (χ1n) is 11.7. The number of cyclic esters (lactones) is 1. The molecule has 0 spiro atoms. The van der Waals surface area contributed by atoms with Gasteiger partial charge in [0.05, 0.1) is 11.4 Å². The van der Waals surface area contributed by atoms with Crippen molar-refractivity contribution in [2.24, 2.45) is 0 Å². The van der Waals surface area contributed by atoms with Gasteiger partial charge in [-0.3, -0.25) is 4.90 Å². The molecule has 1 amide bonds. The topological polar surface area (TPSA) is 87.8 Å². The summed E-state index contributed by atoms with van der Waals surface area (Å²) in [5.41, 5.74) is 7.64. The Labute approximate surface area is 195 Å². The van der Waals surface area contributed by atoms with Gasteiger partial charge in [-0.2, -0.15) is 0 Å². The standard InChI is InChI=1S/C26H36FN3O3/c1-6-26(7-2)20-15-19(27)9-10-22(20)30(24(32)33-26)13-12-25(4,5)29-16-17(3)18-8-11-23(31)21(28)14-18/h8-11,14-15,17,29,31H,6-7,12-13,16,28H2,1-5H3. The van der Waals surface area contributed by atoms with Gasteiger partial charge in [0.15, 0.2) is 0 Å². The van der Waals surface area contributed by atoms with Gasteiger partial charge >= 0.3 is 6.09 Å². The maximum absolute atomic E-state index is 14.1. The Kier molecular flexibility index (Phi) is 7.22. The van der Waals surface area contributed by atoms with Gasteiger partial charge < -0.3 is 20.9 Å². The molecule has 4 N–H and O–H groups in total. The number of fused-ring (bicyclic) bond motifs is 1. The van der Waals surface area contributed by atoms with Gasteiger partial charge in [0.2, 0.25) is 0 Å². The van der Waals surface area contributed by atoms with Gasteiger partial charge in [-0.1, -0.05) is 26.8 Å². The number of nitrogens with two attached hydrogens (primary N) is 1. The van der Waals surface area contributed by atoms with E-state index >= 15 is 0 Å². The first-order chi connectivity index (χ1) is 15.5. The molecule has 0 aliphatic carbocycles. The number of carbonyl (C=O) groups is 1. The van der Waals surface area contributed by atoms with Crippen molar-refractivity contribution < 1.29 is 19.0 Å². The molecule has 7 heteroatoms. The van der Waals surface area contributed by atoms with Crippen molar-refractivity contribution in [3.63, 3.8) is 0 Å². The summed E-state index contributed by atoms with van der Waals surface area (Å²) in [7, 11) is 0. The SMILES string of the molecule is CCC1(CC)OC(=O)N(CCC(C)(C)NCC(C)c2ccc(O)c(N)c2)c2ccc(F)cc21. The van der Waals surface area contributed by atoms with Crippen LogP contribution in [0, 0.1) is 5.82 Å². The number of halogens is 1. The maximum atomic E-state index is 14.1. The van der Waals surface area contributed by atoms with Gasteiger partial charge in [0, 0.05) is 24.2 Å². The molecule has 0 aromatic heterocycles. The third-order valence-electron chi connectivity index (χ3n) is 6.85. The quantitative estimate of drug-likeness (QED) is 0.335. The summed E-state index contributed by atoms with van der Waals surface area (Å²) < 4.78 is 20.0. The fourth-order valence-corrected chi connectivity index (χ4v) is 4.38. The minimum atomic E-state index is -0.791. The van der Waals surface area contributed by atoms with Crippen LogP contribution in [-0.2, 0) is 10.3 Å². The number of nitrogens with one attached hydrogen (secondary N) is 1. The summed E-state index contributed by atoms with van der Waals surface area (Å²) in [5, 5.41) is 13.2. The number of hydrogen-bond donors (Lipinski definition) is 3. The van der Waals surface area contributed by atoms with Crippen LogP contribution in [0.15, 0.2) is 36.4 Å². The number of nitrogen functional groups attached to an aromatic ring is 1. The van der Waals surface area contributed by atoms with Crippen LogP contribution in [0.1, 0.15) is 70.9 Å². The zero-order valence-corrected chi connectivity index (χ0v) is 20.2. The third kappa shape index (κ3) is 5.24. The molecule has 1 aliphatic rings. The Morgan fingerprint density at radius 3 is 2.55 bits per heavy atom. The summed E-state index contributed by atoms with van der Waals surface area (Å²) in [6.07, 6.45) is 1.47. The molecule has 0 bridgehead atoms. The van der Waals surface area contributed by atoms with Crippen molar-refractivity contribution in [3.05, 3.63) is 53.3 Å². The summed E-state index contributed by atoms with van der Waals surface area (Å²) in [4.78, 5) is 14.6. The lowest BCUT2D eigenvalue weighted by atomic mass is 9.85. The van der Waals surface area contributed by atoms with Crippen LogP contribution >= 0.6 is 0 Å². The van der Waals surface area contributed by atoms with Gasteiger partial charge in [-0.25, -0.2) is 9.18 Å². The molecule has 1 heterocycles. The van der Waals surface area contributed by atoms with E-state index in [1.807, 2.05) is 19.9 Å². The number of aromatic hydroxyl groups is 1. The van der Waals surface area contributed by atoms with Crippen molar-refractivity contribution in [3.8, 4) is 5.75 Å². The van der Waals surface area contributed by atoms with E-state index in [0.29, 0.717) is 38.0 Å². The lowest BCUT2D eigenvalue weighted by Gasteiger charge is -2.42. The number of hydrogen-bond acceptors (Lipinski definition) is 5. The number of phenolic OH excluding ortho intramolecular Hbond substituents is 1. The summed E-state index contributed by atoms with van der Waals surface area (Å²) >= 11 is 0. The van der Waals surface area contributed by atoms with Gasteiger partial charge in [-0.05, 0) is 74.9 Å². The van der Waals surface area contributed by atoms with E-state index in [2.05, 4.69) is 26.1 Å². The predicted octanol–water partition coefficient (Wildman–Crippen LogP) is 5.65. The molecule has 0 saturated carbocycles. The Morgan fingerprint density at radius 2 is 1.91 bits per heavy atom. The Morgan fingerprint density at radius 1 is 1.21 bits per heavy atom. The molecule has 1 atom stereocenters. The number of ether oxygens (including phenoxy) is 1. The van der Waals surface area contributed by atoms with E-state index in [9.17, 15) is 14.3 Å². The van der Waals surface area contributed by atoms with Crippen LogP contribution in [0.4, 0.5) is 20.6 Å². The smallest absolute Gasteiger partial charge is 0.415 e. The second-order valence-corrected chi connectivity index (χ2v) is 9.62. The number of rotatable bonds is 9. The molecule has 0 radical (unpaired) electrons. The first-order valence-corrected chi connectivity index (χ1v) is 11.7. The predicted molar refractivity (Wildman–Crippen MR) is 130 cm³/mol. The van der Waals surface area contributed by atoms with Crippen molar-refractivity contribution in [1.82, 2.24) is 5.32 Å². The molecule has 6 nitrogen and oxygen atoms in total. The lowest BCUT2D eigenvalue weighted by molar-refractivity contribution is -0.00156. The van der Waals surface area contributed by atoms with E-state index in [0.717, 1.165) is 16.8 Å². The van der Waals surface area contributed by atoms with Crippen molar-refractivity contribution in [1.29, 1.82) is 0 Å². The highest BCUT2D eigenvalue weighted by atomic mass is 19.1. The fraction of sp³-hybridized carbons (Fsp3) is 0.500. The summed E-state index contributed by atoms with van der Waals surface area (Å²) in [6, 6.07) is 9.86. The Balaban J connectivity index is 1.70. The number of nitrogens with zero attached hydrogens (tertiary/aromatic N) is 1. The molecule has 33 heavy (non-hydrogen) atoms. The van der Waals surface area contributed by atoms with Gasteiger partial charge in [0.1, 0.15) is 17.2 Å². The zero-order valence-electron chi connectivity index (χ0n) is 20.2. The van der Waals surface area contributed by atoms with Crippen LogP contribution < -0.4 is 16.0 Å². The number of anilines is 2. The minimum absolute atomic E-state index is 0.0861. The highest BCUT2D eigenvalue weighted by Gasteiger charge is 2.43. The van der Waals surface area contributed by atoms with Crippen molar-refractivity contribution >= 4 is 17.5 Å². The van der Waals surface area contributed by atoms with Gasteiger partial charge in [-0.15, -0.1) is 0 Å². The van der Waals surface area contributed by atoms with E-state index in [1.165, 1.54) is 12.1 Å². The second kappa shape index (κ2) is 9.59. The molecule has 180 valence electrons. The molecular formula is C26H36FN3O3. The van der Waals surface area contributed by atoms with E-state index in [1.54, 1.807) is 23.1 Å². The van der Waals surface area contributed by atoms with Crippen LogP contribution in [0.3, 0.4) is 0 Å². The molecule has 3 rings (SSSR count). The van der Waals surface area contributed by atoms with Crippen LogP contribution in [-0.4, -0.2) is 29.8 Å². The average Bonchev–Trinajstić information content (AvgIpc) is 2.78. The average molecular weight is 458 g/mol. The third-order valence-corrected chi connectivity index (χ3v) is 6.85. The maximum Gasteiger partial charge on any atom is 0.415 e. The molecule has 0 saturated heterocycles. The summed E-state index contributed by atoms with van der Waals surface area (Å²) in [5.74, 6) is -0.0580. The number of benzene rings is 2. The molecule has 1 unspecified atom stereocenters. The highest BCUT2D eigenvalue weighted by molar-refractivity contribution is 5.91. The van der Waals surface area contributed by atoms with Crippen LogP contribution in [0.2, 0.25) is 0 Å². The van der Waals surface area contributed by atoms with Crippen molar-refractivity contribution in [2.45, 2.75) is 70.9 Å². The molecule has 1 aliphatic heterocycles. The number of amides is 1. The second-order valence-electron chi connectivity index (χ2n) is 9.62. The molecular weight excluding hydrogens is 421 g/mol. The van der Waals surface area contributed by atoms with Gasteiger partial charge in [0.25, 0.3) is 0 Å². The van der Waals surface area contributed by atoms with Crippen molar-refractivity contribution in [2.75, 3.05) is 23.7 Å². The normalized spacial score (nSPS) is 16.3. The Bertz CT molecular complexity index is 1000. The lowest BCUT2D eigenvalue weighted by Crippen LogP contribution is -2.49.